The van der Waals surface area contributed by atoms with E-state index >= 15 is 0 Å². The molecule has 2 amide bonds. The normalized spacial score (nSPS) is 15.5. The maximum Gasteiger partial charge on any atom is 0.417 e. The van der Waals surface area contributed by atoms with Crippen molar-refractivity contribution in [2.24, 2.45) is 5.92 Å². The zero-order valence-electron chi connectivity index (χ0n) is 15.3. The fourth-order valence-corrected chi connectivity index (χ4v) is 3.50. The van der Waals surface area contributed by atoms with Crippen LogP contribution in [0.15, 0.2) is 27.4 Å². The monoisotopic (exact) mass is 359 g/mol. The number of carbonyl (C=O) groups excluding carboxylic acids is 2. The minimum absolute atomic E-state index is 0.0659. The van der Waals surface area contributed by atoms with Crippen molar-refractivity contribution in [1.29, 1.82) is 0 Å². The molecule has 1 aliphatic heterocycles. The second-order valence-corrected chi connectivity index (χ2v) is 6.71. The highest BCUT2D eigenvalue weighted by molar-refractivity contribution is 5.97. The smallest absolute Gasteiger partial charge is 0.408 e. The van der Waals surface area contributed by atoms with Gasteiger partial charge in [-0.25, -0.2) is 4.79 Å². The van der Waals surface area contributed by atoms with Crippen molar-refractivity contribution in [3.63, 3.8) is 0 Å². The summed E-state index contributed by atoms with van der Waals surface area (Å²) in [6.07, 6.45) is 2.45. The molecule has 1 aromatic carbocycles. The number of carbonyl (C=O) groups is 2. The summed E-state index contributed by atoms with van der Waals surface area (Å²) in [6.45, 7) is 6.44. The van der Waals surface area contributed by atoms with E-state index in [-0.39, 0.29) is 17.7 Å². The maximum atomic E-state index is 12.8. The maximum absolute atomic E-state index is 12.8. The summed E-state index contributed by atoms with van der Waals surface area (Å²) < 4.78 is 5.04. The molecule has 2 aromatic rings. The van der Waals surface area contributed by atoms with E-state index in [4.69, 9.17) is 4.42 Å². The molecular formula is C19H25N3O4. The van der Waals surface area contributed by atoms with Crippen LogP contribution in [0.3, 0.4) is 0 Å². The molecule has 0 spiro atoms. The molecule has 26 heavy (non-hydrogen) atoms. The van der Waals surface area contributed by atoms with E-state index in [1.165, 1.54) is 0 Å². The predicted molar refractivity (Wildman–Crippen MR) is 98.0 cm³/mol. The number of fused-ring (bicyclic) bond motifs is 1. The summed E-state index contributed by atoms with van der Waals surface area (Å²) in [6, 6.07) is 4.95. The van der Waals surface area contributed by atoms with Gasteiger partial charge in [0, 0.05) is 37.7 Å². The van der Waals surface area contributed by atoms with Gasteiger partial charge in [0.15, 0.2) is 5.58 Å². The van der Waals surface area contributed by atoms with Gasteiger partial charge in [-0.05, 0) is 37.5 Å². The number of hydrogen-bond donors (Lipinski definition) is 1. The van der Waals surface area contributed by atoms with Crippen molar-refractivity contribution in [2.75, 3.05) is 26.2 Å². The highest BCUT2D eigenvalue weighted by atomic mass is 16.4. The quantitative estimate of drug-likeness (QED) is 0.907. The summed E-state index contributed by atoms with van der Waals surface area (Å²) in [5.74, 6) is -0.376. The summed E-state index contributed by atoms with van der Waals surface area (Å²) >= 11 is 0. The van der Waals surface area contributed by atoms with Gasteiger partial charge in [0.2, 0.25) is 5.91 Å². The molecule has 0 saturated carbocycles. The van der Waals surface area contributed by atoms with Crippen LogP contribution in [0.4, 0.5) is 0 Å². The van der Waals surface area contributed by atoms with E-state index in [9.17, 15) is 14.4 Å². The molecule has 1 aliphatic rings. The average Bonchev–Trinajstić information content (AvgIpc) is 2.85. The minimum atomic E-state index is -0.532. The number of amides is 2. The molecule has 2 heterocycles. The number of hydrogen-bond acceptors (Lipinski definition) is 4. The molecule has 140 valence electrons. The predicted octanol–water partition coefficient (Wildman–Crippen LogP) is 2.23. The van der Waals surface area contributed by atoms with Gasteiger partial charge < -0.3 is 14.2 Å². The fourth-order valence-electron chi connectivity index (χ4n) is 3.50. The largest absolute Gasteiger partial charge is 0.417 e. The number of H-pyrrole nitrogens is 1. The molecule has 1 aromatic heterocycles. The van der Waals surface area contributed by atoms with Gasteiger partial charge in [-0.2, -0.15) is 0 Å². The number of rotatable bonds is 4. The lowest BCUT2D eigenvalue weighted by atomic mass is 10.0. The summed E-state index contributed by atoms with van der Waals surface area (Å²) in [4.78, 5) is 42.9. The Hall–Kier alpha value is -2.57. The van der Waals surface area contributed by atoms with Crippen LogP contribution >= 0.6 is 0 Å². The second kappa shape index (κ2) is 7.76. The second-order valence-electron chi connectivity index (χ2n) is 6.71. The van der Waals surface area contributed by atoms with Crippen LogP contribution in [0.1, 0.15) is 43.5 Å². The lowest BCUT2D eigenvalue weighted by molar-refractivity contribution is -0.135. The topological polar surface area (TPSA) is 86.6 Å². The third kappa shape index (κ3) is 3.66. The molecule has 1 fully saturated rings. The van der Waals surface area contributed by atoms with Gasteiger partial charge in [-0.1, -0.05) is 13.8 Å². The summed E-state index contributed by atoms with van der Waals surface area (Å²) in [7, 11) is 0. The van der Waals surface area contributed by atoms with Crippen LogP contribution in [0.25, 0.3) is 11.1 Å². The highest BCUT2D eigenvalue weighted by Gasteiger charge is 2.26. The van der Waals surface area contributed by atoms with Crippen LogP contribution in [0, 0.1) is 5.92 Å². The molecular weight excluding hydrogens is 334 g/mol. The Morgan fingerprint density at radius 2 is 1.81 bits per heavy atom. The fraction of sp³-hybridized carbons (Fsp3) is 0.526. The lowest BCUT2D eigenvalue weighted by Gasteiger charge is -2.25. The van der Waals surface area contributed by atoms with Crippen molar-refractivity contribution in [2.45, 2.75) is 33.1 Å². The van der Waals surface area contributed by atoms with Crippen LogP contribution < -0.4 is 5.76 Å². The number of nitrogens with one attached hydrogen (secondary N) is 1. The van der Waals surface area contributed by atoms with Crippen LogP contribution in [-0.4, -0.2) is 52.8 Å². The molecule has 0 radical (unpaired) electrons. The minimum Gasteiger partial charge on any atom is -0.408 e. The molecule has 0 aliphatic carbocycles. The first-order valence-corrected chi connectivity index (χ1v) is 9.24. The van der Waals surface area contributed by atoms with E-state index in [0.717, 1.165) is 19.3 Å². The van der Waals surface area contributed by atoms with Crippen molar-refractivity contribution in [3.05, 3.63) is 34.3 Å². The number of aromatic amines is 1. The van der Waals surface area contributed by atoms with E-state index in [2.05, 4.69) is 4.98 Å². The van der Waals surface area contributed by atoms with Gasteiger partial charge in [0.25, 0.3) is 5.91 Å². The first-order chi connectivity index (χ1) is 12.5. The lowest BCUT2D eigenvalue weighted by Crippen LogP contribution is -2.39. The third-order valence-electron chi connectivity index (χ3n) is 5.10. The summed E-state index contributed by atoms with van der Waals surface area (Å²) in [5.41, 5.74) is 1.44. The standard InChI is InChI=1S/C19H25N3O4/c1-3-13(4-2)17(23)21-8-5-9-22(11-10-21)18(24)14-6-7-15-16(12-14)26-19(25)20-15/h6-7,12-13H,3-5,8-11H2,1-2H3,(H,20,25). The Kier molecular flexibility index (Phi) is 5.44. The Morgan fingerprint density at radius 1 is 1.12 bits per heavy atom. The van der Waals surface area contributed by atoms with Gasteiger partial charge in [0.1, 0.15) is 0 Å². The van der Waals surface area contributed by atoms with E-state index in [0.29, 0.717) is 42.8 Å². The van der Waals surface area contributed by atoms with Gasteiger partial charge in [0.05, 0.1) is 5.52 Å². The number of oxazole rings is 1. The zero-order valence-corrected chi connectivity index (χ0v) is 15.3. The Morgan fingerprint density at radius 3 is 2.54 bits per heavy atom. The van der Waals surface area contributed by atoms with Crippen LogP contribution in [-0.2, 0) is 4.79 Å². The number of benzene rings is 1. The van der Waals surface area contributed by atoms with E-state index in [1.807, 2.05) is 18.7 Å². The van der Waals surface area contributed by atoms with Crippen molar-refractivity contribution < 1.29 is 14.0 Å². The average molecular weight is 359 g/mol. The Labute approximate surface area is 152 Å². The molecule has 3 rings (SSSR count). The zero-order chi connectivity index (χ0) is 18.7. The molecule has 1 saturated heterocycles. The first kappa shape index (κ1) is 18.2. The van der Waals surface area contributed by atoms with Crippen molar-refractivity contribution in [3.8, 4) is 0 Å². The molecule has 7 nitrogen and oxygen atoms in total. The van der Waals surface area contributed by atoms with E-state index in [1.54, 1.807) is 23.1 Å². The third-order valence-corrected chi connectivity index (χ3v) is 5.10. The summed E-state index contributed by atoms with van der Waals surface area (Å²) in [5, 5.41) is 0. The van der Waals surface area contributed by atoms with Gasteiger partial charge >= 0.3 is 5.76 Å². The SMILES string of the molecule is CCC(CC)C(=O)N1CCCN(C(=O)c2ccc3[nH]c(=O)oc3c2)CC1. The van der Waals surface area contributed by atoms with Gasteiger partial charge in [-0.3, -0.25) is 14.6 Å². The van der Waals surface area contributed by atoms with Crippen LogP contribution in [0.5, 0.6) is 0 Å². The van der Waals surface area contributed by atoms with E-state index < -0.39 is 5.76 Å². The molecule has 7 heteroatoms. The molecule has 0 bridgehead atoms. The van der Waals surface area contributed by atoms with Gasteiger partial charge in [-0.15, -0.1) is 0 Å². The Bertz CT molecular complexity index is 850. The molecule has 1 N–H and O–H groups in total. The molecule has 0 atom stereocenters. The van der Waals surface area contributed by atoms with Crippen molar-refractivity contribution in [1.82, 2.24) is 14.8 Å². The number of aromatic nitrogens is 1. The van der Waals surface area contributed by atoms with Crippen molar-refractivity contribution >= 4 is 22.9 Å². The number of nitrogens with zero attached hydrogens (tertiary/aromatic N) is 2. The molecule has 0 unspecified atom stereocenters. The van der Waals surface area contributed by atoms with Crippen LogP contribution in [0.2, 0.25) is 0 Å². The first-order valence-electron chi connectivity index (χ1n) is 9.24. The highest BCUT2D eigenvalue weighted by Crippen LogP contribution is 2.17. The Balaban J connectivity index is 1.70.